The van der Waals surface area contributed by atoms with Crippen molar-refractivity contribution in [1.82, 2.24) is 15.1 Å². The van der Waals surface area contributed by atoms with Gasteiger partial charge in [0.25, 0.3) is 0 Å². The fourth-order valence-corrected chi connectivity index (χ4v) is 2.25. The van der Waals surface area contributed by atoms with Crippen molar-refractivity contribution >= 4 is 10.9 Å². The highest BCUT2D eigenvalue weighted by Gasteiger charge is 2.09. The Labute approximate surface area is 114 Å². The molecule has 4 heteroatoms. The van der Waals surface area contributed by atoms with Crippen molar-refractivity contribution in [3.63, 3.8) is 0 Å². The third-order valence-corrected chi connectivity index (χ3v) is 3.46. The molecule has 1 aromatic carbocycles. The topological polar surface area (TPSA) is 39.1 Å². The Kier molecular flexibility index (Phi) is 4.56. The van der Waals surface area contributed by atoms with Gasteiger partial charge >= 0.3 is 0 Å². The molecule has 0 bridgehead atoms. The Hall–Kier alpha value is -1.39. The largest absolute Gasteiger partial charge is 0.385 e. The van der Waals surface area contributed by atoms with Gasteiger partial charge < -0.3 is 10.1 Å². The molecule has 1 heterocycles. The molecule has 19 heavy (non-hydrogen) atoms. The fourth-order valence-electron chi connectivity index (χ4n) is 2.25. The Balaban J connectivity index is 2.10. The van der Waals surface area contributed by atoms with Crippen LogP contribution in [0.5, 0.6) is 0 Å². The number of fused-ring (bicyclic) bond motifs is 1. The Morgan fingerprint density at radius 1 is 1.42 bits per heavy atom. The molecule has 1 aromatic heterocycles. The first-order chi connectivity index (χ1) is 9.11. The summed E-state index contributed by atoms with van der Waals surface area (Å²) in [5.41, 5.74) is 3.58. The quantitative estimate of drug-likeness (QED) is 0.868. The van der Waals surface area contributed by atoms with Gasteiger partial charge in [-0.1, -0.05) is 11.6 Å². The average Bonchev–Trinajstić information content (AvgIpc) is 2.70. The van der Waals surface area contributed by atoms with Gasteiger partial charge in [0.05, 0.1) is 11.2 Å². The molecule has 4 nitrogen and oxygen atoms in total. The number of aryl methyl sites for hydroxylation is 2. The lowest BCUT2D eigenvalue weighted by Crippen LogP contribution is -2.27. The standard InChI is InChI=1S/C15H23N3O/c1-11-5-6-15-13(9-11)14(17-18(15)3)10-16-12(2)7-8-19-4/h5-6,9,12,16H,7-8,10H2,1-4H3/t12-/m0/s1. The van der Waals surface area contributed by atoms with Crippen LogP contribution in [0.25, 0.3) is 10.9 Å². The summed E-state index contributed by atoms with van der Waals surface area (Å²) in [6, 6.07) is 6.90. The summed E-state index contributed by atoms with van der Waals surface area (Å²) in [5, 5.41) is 9.35. The lowest BCUT2D eigenvalue weighted by Gasteiger charge is -2.12. The molecule has 0 spiro atoms. The third-order valence-electron chi connectivity index (χ3n) is 3.46. The lowest BCUT2D eigenvalue weighted by atomic mass is 10.1. The van der Waals surface area contributed by atoms with Gasteiger partial charge in [0, 0.05) is 38.7 Å². The molecule has 0 aliphatic carbocycles. The molecule has 1 atom stereocenters. The van der Waals surface area contributed by atoms with E-state index >= 15 is 0 Å². The van der Waals surface area contributed by atoms with Gasteiger partial charge in [-0.25, -0.2) is 0 Å². The van der Waals surface area contributed by atoms with Gasteiger partial charge in [-0.15, -0.1) is 0 Å². The van der Waals surface area contributed by atoms with E-state index < -0.39 is 0 Å². The summed E-state index contributed by atoms with van der Waals surface area (Å²) in [6.07, 6.45) is 1.01. The fraction of sp³-hybridized carbons (Fsp3) is 0.533. The zero-order chi connectivity index (χ0) is 13.8. The molecule has 0 radical (unpaired) electrons. The number of aromatic nitrogens is 2. The number of rotatable bonds is 6. The maximum absolute atomic E-state index is 5.09. The van der Waals surface area contributed by atoms with Crippen molar-refractivity contribution < 1.29 is 4.74 Å². The van der Waals surface area contributed by atoms with Gasteiger partial charge in [0.1, 0.15) is 0 Å². The number of ether oxygens (including phenoxy) is 1. The van der Waals surface area contributed by atoms with E-state index in [1.165, 1.54) is 16.5 Å². The van der Waals surface area contributed by atoms with Crippen molar-refractivity contribution in [2.45, 2.75) is 32.9 Å². The van der Waals surface area contributed by atoms with Crippen molar-refractivity contribution in [3.8, 4) is 0 Å². The summed E-state index contributed by atoms with van der Waals surface area (Å²) < 4.78 is 7.04. The maximum atomic E-state index is 5.09. The van der Waals surface area contributed by atoms with E-state index in [9.17, 15) is 0 Å². The zero-order valence-corrected chi connectivity index (χ0v) is 12.2. The molecular weight excluding hydrogens is 238 g/mol. The molecule has 1 N–H and O–H groups in total. The van der Waals surface area contributed by atoms with E-state index in [0.29, 0.717) is 6.04 Å². The van der Waals surface area contributed by atoms with Crippen LogP contribution in [0.1, 0.15) is 24.6 Å². The molecule has 104 valence electrons. The molecule has 0 saturated carbocycles. The molecule has 0 amide bonds. The molecular formula is C15H23N3O. The SMILES string of the molecule is COCC[C@H](C)NCc1nn(C)c2ccc(C)cc12. The van der Waals surface area contributed by atoms with E-state index in [4.69, 9.17) is 4.74 Å². The molecule has 0 fully saturated rings. The lowest BCUT2D eigenvalue weighted by molar-refractivity contribution is 0.184. The second kappa shape index (κ2) is 6.17. The van der Waals surface area contributed by atoms with E-state index in [1.807, 2.05) is 11.7 Å². The summed E-state index contributed by atoms with van der Waals surface area (Å²) in [5.74, 6) is 0. The van der Waals surface area contributed by atoms with E-state index in [1.54, 1.807) is 7.11 Å². The van der Waals surface area contributed by atoms with Crippen LogP contribution in [0.3, 0.4) is 0 Å². The predicted molar refractivity (Wildman–Crippen MR) is 78.2 cm³/mol. The number of nitrogens with zero attached hydrogens (tertiary/aromatic N) is 2. The minimum Gasteiger partial charge on any atom is -0.385 e. The van der Waals surface area contributed by atoms with Crippen LogP contribution in [-0.2, 0) is 18.3 Å². The van der Waals surface area contributed by atoms with Crippen LogP contribution in [0.15, 0.2) is 18.2 Å². The first kappa shape index (κ1) is 14.0. The zero-order valence-electron chi connectivity index (χ0n) is 12.2. The Bertz CT molecular complexity index is 548. The monoisotopic (exact) mass is 261 g/mol. The highest BCUT2D eigenvalue weighted by atomic mass is 16.5. The highest BCUT2D eigenvalue weighted by molar-refractivity contribution is 5.82. The normalized spacial score (nSPS) is 13.1. The molecule has 0 unspecified atom stereocenters. The molecule has 0 aliphatic rings. The van der Waals surface area contributed by atoms with Crippen LogP contribution in [-0.4, -0.2) is 29.5 Å². The maximum Gasteiger partial charge on any atom is 0.0841 e. The second-order valence-electron chi connectivity index (χ2n) is 5.15. The molecule has 2 aromatic rings. The van der Waals surface area contributed by atoms with Gasteiger partial charge in [0.2, 0.25) is 0 Å². The van der Waals surface area contributed by atoms with Gasteiger partial charge in [-0.3, -0.25) is 4.68 Å². The van der Waals surface area contributed by atoms with E-state index in [-0.39, 0.29) is 0 Å². The summed E-state index contributed by atoms with van der Waals surface area (Å²) in [6.45, 7) is 5.88. The number of methoxy groups -OCH3 is 1. The molecule has 0 saturated heterocycles. The molecule has 2 rings (SSSR count). The van der Waals surface area contributed by atoms with Gasteiger partial charge in [-0.05, 0) is 32.4 Å². The third kappa shape index (κ3) is 3.33. The summed E-state index contributed by atoms with van der Waals surface area (Å²) >= 11 is 0. The van der Waals surface area contributed by atoms with Gasteiger partial charge in [0.15, 0.2) is 0 Å². The summed E-state index contributed by atoms with van der Waals surface area (Å²) in [4.78, 5) is 0. The second-order valence-corrected chi connectivity index (χ2v) is 5.15. The van der Waals surface area contributed by atoms with E-state index in [0.717, 1.165) is 25.3 Å². The number of hydrogen-bond acceptors (Lipinski definition) is 3. The minimum atomic E-state index is 0.432. The first-order valence-electron chi connectivity index (χ1n) is 6.76. The minimum absolute atomic E-state index is 0.432. The number of hydrogen-bond donors (Lipinski definition) is 1. The predicted octanol–water partition coefficient (Wildman–Crippen LogP) is 2.40. The smallest absolute Gasteiger partial charge is 0.0841 e. The van der Waals surface area contributed by atoms with E-state index in [2.05, 4.69) is 42.5 Å². The van der Waals surface area contributed by atoms with Crippen LogP contribution in [0.4, 0.5) is 0 Å². The van der Waals surface area contributed by atoms with Crippen LogP contribution < -0.4 is 5.32 Å². The van der Waals surface area contributed by atoms with Crippen molar-refractivity contribution in [2.24, 2.45) is 7.05 Å². The van der Waals surface area contributed by atoms with Gasteiger partial charge in [-0.2, -0.15) is 5.10 Å². The number of benzene rings is 1. The highest BCUT2D eigenvalue weighted by Crippen LogP contribution is 2.19. The Morgan fingerprint density at radius 2 is 2.21 bits per heavy atom. The van der Waals surface area contributed by atoms with Crippen LogP contribution >= 0.6 is 0 Å². The van der Waals surface area contributed by atoms with Crippen LogP contribution in [0.2, 0.25) is 0 Å². The molecule has 0 aliphatic heterocycles. The summed E-state index contributed by atoms with van der Waals surface area (Å²) in [7, 11) is 3.73. The van der Waals surface area contributed by atoms with Crippen molar-refractivity contribution in [1.29, 1.82) is 0 Å². The van der Waals surface area contributed by atoms with Crippen LogP contribution in [0, 0.1) is 6.92 Å². The average molecular weight is 261 g/mol. The number of nitrogens with one attached hydrogen (secondary N) is 1. The Morgan fingerprint density at radius 3 is 2.95 bits per heavy atom. The first-order valence-corrected chi connectivity index (χ1v) is 6.76. The van der Waals surface area contributed by atoms with Crippen molar-refractivity contribution in [2.75, 3.05) is 13.7 Å². The van der Waals surface area contributed by atoms with Crippen molar-refractivity contribution in [3.05, 3.63) is 29.5 Å².